The monoisotopic (exact) mass is 227 g/mol. The number of hydrogen-bond acceptors (Lipinski definition) is 4. The Labute approximate surface area is 94.6 Å². The fourth-order valence-corrected chi connectivity index (χ4v) is 1.35. The van der Waals surface area contributed by atoms with Crippen molar-refractivity contribution in [1.82, 2.24) is 15.1 Å². The predicted octanol–water partition coefficient (Wildman–Crippen LogP) is -0.347. The summed E-state index contributed by atoms with van der Waals surface area (Å²) >= 11 is 0. The maximum atomic E-state index is 11.9. The number of likely N-dealkylation sites (N-methyl/N-ethyl adjacent to an activating group) is 1. The lowest BCUT2D eigenvalue weighted by Crippen LogP contribution is -2.62. The van der Waals surface area contributed by atoms with E-state index in [-0.39, 0.29) is 6.54 Å². The Kier molecular flexibility index (Phi) is 3.32. The third kappa shape index (κ3) is 2.21. The first-order chi connectivity index (χ1) is 7.26. The van der Waals surface area contributed by atoms with Crippen LogP contribution in [-0.2, 0) is 9.59 Å². The van der Waals surface area contributed by atoms with E-state index in [4.69, 9.17) is 0 Å². The average molecular weight is 227 g/mol. The zero-order valence-corrected chi connectivity index (χ0v) is 10.0. The van der Waals surface area contributed by atoms with Gasteiger partial charge in [-0.1, -0.05) is 0 Å². The number of imide groups is 2. The van der Waals surface area contributed by atoms with E-state index in [9.17, 15) is 14.4 Å². The van der Waals surface area contributed by atoms with Crippen molar-refractivity contribution in [2.75, 3.05) is 27.2 Å². The number of amides is 4. The van der Waals surface area contributed by atoms with Gasteiger partial charge in [0, 0.05) is 13.1 Å². The molecule has 16 heavy (non-hydrogen) atoms. The molecule has 0 atom stereocenters. The Morgan fingerprint density at radius 2 is 1.81 bits per heavy atom. The summed E-state index contributed by atoms with van der Waals surface area (Å²) < 4.78 is 0. The summed E-state index contributed by atoms with van der Waals surface area (Å²) in [5.41, 5.74) is -1.17. The molecule has 0 aromatic rings. The third-order valence-electron chi connectivity index (χ3n) is 2.58. The number of nitrogens with zero attached hydrogens (tertiary/aromatic N) is 2. The predicted molar refractivity (Wildman–Crippen MR) is 57.6 cm³/mol. The lowest BCUT2D eigenvalue weighted by atomic mass is 9.89. The minimum Gasteiger partial charge on any atom is -0.308 e. The van der Waals surface area contributed by atoms with Crippen molar-refractivity contribution in [2.24, 2.45) is 5.41 Å². The molecule has 1 N–H and O–H groups in total. The number of barbiturate groups is 1. The van der Waals surface area contributed by atoms with E-state index in [0.29, 0.717) is 6.54 Å². The highest BCUT2D eigenvalue weighted by molar-refractivity contribution is 6.18. The van der Waals surface area contributed by atoms with Crippen LogP contribution in [0.25, 0.3) is 0 Å². The summed E-state index contributed by atoms with van der Waals surface area (Å²) in [5, 5.41) is 2.18. The smallest absolute Gasteiger partial charge is 0.308 e. The van der Waals surface area contributed by atoms with Gasteiger partial charge in [0.2, 0.25) is 11.8 Å². The first-order valence-electron chi connectivity index (χ1n) is 5.09. The van der Waals surface area contributed by atoms with E-state index < -0.39 is 23.3 Å². The normalized spacial score (nSPS) is 20.3. The molecule has 0 aromatic carbocycles. The van der Waals surface area contributed by atoms with Gasteiger partial charge < -0.3 is 4.90 Å². The molecule has 90 valence electrons. The third-order valence-corrected chi connectivity index (χ3v) is 2.58. The van der Waals surface area contributed by atoms with Crippen LogP contribution in [0.5, 0.6) is 0 Å². The van der Waals surface area contributed by atoms with Crippen molar-refractivity contribution in [3.8, 4) is 0 Å². The molecule has 0 aliphatic carbocycles. The molecule has 1 rings (SSSR count). The fraction of sp³-hybridized carbons (Fsp3) is 0.700. The van der Waals surface area contributed by atoms with Crippen LogP contribution in [0.15, 0.2) is 0 Å². The van der Waals surface area contributed by atoms with E-state index in [1.807, 2.05) is 19.0 Å². The highest BCUT2D eigenvalue weighted by Gasteiger charge is 2.46. The molecule has 1 aliphatic heterocycles. The van der Waals surface area contributed by atoms with Crippen LogP contribution >= 0.6 is 0 Å². The second kappa shape index (κ2) is 4.21. The number of carbonyl (C=O) groups is 3. The zero-order valence-electron chi connectivity index (χ0n) is 10.0. The molecular weight excluding hydrogens is 210 g/mol. The van der Waals surface area contributed by atoms with Crippen molar-refractivity contribution in [1.29, 1.82) is 0 Å². The number of urea groups is 1. The highest BCUT2D eigenvalue weighted by atomic mass is 16.2. The van der Waals surface area contributed by atoms with Crippen molar-refractivity contribution in [3.63, 3.8) is 0 Å². The molecule has 1 aliphatic rings. The summed E-state index contributed by atoms with van der Waals surface area (Å²) in [7, 11) is 3.70. The largest absolute Gasteiger partial charge is 0.330 e. The number of carbonyl (C=O) groups excluding carboxylic acids is 3. The summed E-state index contributed by atoms with van der Waals surface area (Å²) in [6.45, 7) is 3.89. The summed E-state index contributed by atoms with van der Waals surface area (Å²) in [6, 6.07) is -0.629. The van der Waals surface area contributed by atoms with Crippen molar-refractivity contribution in [3.05, 3.63) is 0 Å². The topological polar surface area (TPSA) is 69.7 Å². The minimum atomic E-state index is -1.17. The van der Waals surface area contributed by atoms with E-state index >= 15 is 0 Å². The molecule has 1 saturated heterocycles. The molecule has 0 radical (unpaired) electrons. The van der Waals surface area contributed by atoms with Crippen LogP contribution in [-0.4, -0.2) is 54.8 Å². The maximum Gasteiger partial charge on any atom is 0.330 e. The first kappa shape index (κ1) is 12.6. The van der Waals surface area contributed by atoms with Crippen LogP contribution < -0.4 is 5.32 Å². The molecule has 0 saturated carbocycles. The van der Waals surface area contributed by atoms with Crippen LogP contribution in [0.3, 0.4) is 0 Å². The molecule has 0 spiro atoms. The quantitative estimate of drug-likeness (QED) is 0.669. The SMILES string of the molecule is CN(C)CCN1C(=O)NC(=O)C(C)(C)C1=O. The molecule has 0 bridgehead atoms. The molecule has 6 nitrogen and oxygen atoms in total. The van der Waals surface area contributed by atoms with Gasteiger partial charge >= 0.3 is 6.03 Å². The number of rotatable bonds is 3. The van der Waals surface area contributed by atoms with Gasteiger partial charge in [0.1, 0.15) is 5.41 Å². The average Bonchev–Trinajstić information content (AvgIpc) is 2.15. The molecule has 0 aromatic heterocycles. The Morgan fingerprint density at radius 3 is 2.31 bits per heavy atom. The van der Waals surface area contributed by atoms with Gasteiger partial charge in [-0.25, -0.2) is 4.79 Å². The Morgan fingerprint density at radius 1 is 1.25 bits per heavy atom. The van der Waals surface area contributed by atoms with Crippen molar-refractivity contribution >= 4 is 17.8 Å². The lowest BCUT2D eigenvalue weighted by Gasteiger charge is -2.34. The van der Waals surface area contributed by atoms with Crippen LogP contribution in [0.2, 0.25) is 0 Å². The van der Waals surface area contributed by atoms with E-state index in [2.05, 4.69) is 5.32 Å². The van der Waals surface area contributed by atoms with E-state index in [0.717, 1.165) is 4.90 Å². The van der Waals surface area contributed by atoms with Crippen LogP contribution in [0, 0.1) is 5.41 Å². The molecular formula is C10H17N3O3. The molecule has 0 unspecified atom stereocenters. The summed E-state index contributed by atoms with van der Waals surface area (Å²) in [5.74, 6) is -0.980. The number of hydrogen-bond donors (Lipinski definition) is 1. The van der Waals surface area contributed by atoms with Gasteiger partial charge in [-0.3, -0.25) is 19.8 Å². The minimum absolute atomic E-state index is 0.286. The summed E-state index contributed by atoms with van der Waals surface area (Å²) in [6.07, 6.45) is 0. The van der Waals surface area contributed by atoms with Gasteiger partial charge in [-0.2, -0.15) is 0 Å². The van der Waals surface area contributed by atoms with Crippen LogP contribution in [0.1, 0.15) is 13.8 Å². The molecule has 6 heteroatoms. The molecule has 1 heterocycles. The van der Waals surface area contributed by atoms with Crippen molar-refractivity contribution < 1.29 is 14.4 Å². The fourth-order valence-electron chi connectivity index (χ4n) is 1.35. The second-order valence-corrected chi connectivity index (χ2v) is 4.64. The van der Waals surface area contributed by atoms with Gasteiger partial charge in [-0.15, -0.1) is 0 Å². The van der Waals surface area contributed by atoms with E-state index in [1.54, 1.807) is 0 Å². The maximum absolute atomic E-state index is 11.9. The van der Waals surface area contributed by atoms with Gasteiger partial charge in [0.05, 0.1) is 0 Å². The highest BCUT2D eigenvalue weighted by Crippen LogP contribution is 2.22. The van der Waals surface area contributed by atoms with E-state index in [1.165, 1.54) is 13.8 Å². The zero-order chi connectivity index (χ0) is 12.5. The van der Waals surface area contributed by atoms with Gasteiger partial charge in [0.15, 0.2) is 0 Å². The lowest BCUT2D eigenvalue weighted by molar-refractivity contribution is -0.149. The van der Waals surface area contributed by atoms with Crippen LogP contribution in [0.4, 0.5) is 4.79 Å². The standard InChI is InChI=1S/C10H17N3O3/c1-10(2)7(14)11-9(16)13(8(10)15)6-5-12(3)4/h5-6H2,1-4H3,(H,11,14,16). The number of nitrogens with one attached hydrogen (secondary N) is 1. The van der Waals surface area contributed by atoms with Gasteiger partial charge in [0.25, 0.3) is 0 Å². The Bertz CT molecular complexity index is 336. The first-order valence-corrected chi connectivity index (χ1v) is 5.09. The second-order valence-electron chi connectivity index (χ2n) is 4.64. The Balaban J connectivity index is 2.81. The molecule has 1 fully saturated rings. The Hall–Kier alpha value is -1.43. The van der Waals surface area contributed by atoms with Crippen molar-refractivity contribution in [2.45, 2.75) is 13.8 Å². The summed E-state index contributed by atoms with van der Waals surface area (Å²) in [4.78, 5) is 37.8. The molecule has 4 amide bonds. The van der Waals surface area contributed by atoms with Gasteiger partial charge in [-0.05, 0) is 27.9 Å².